The molecule has 106 valence electrons. The molecule has 0 bridgehead atoms. The number of carbonyl (C=O) groups is 1. The van der Waals surface area contributed by atoms with Crippen molar-refractivity contribution < 1.29 is 9.53 Å². The summed E-state index contributed by atoms with van der Waals surface area (Å²) in [7, 11) is 0. The van der Waals surface area contributed by atoms with Gasteiger partial charge in [0.1, 0.15) is 0 Å². The fraction of sp³-hybridized carbons (Fsp3) is 0.588. The highest BCUT2D eigenvalue weighted by molar-refractivity contribution is 5.91. The van der Waals surface area contributed by atoms with Crippen LogP contribution in [0.25, 0.3) is 0 Å². The largest absolute Gasteiger partial charge is 0.462 e. The maximum atomic E-state index is 12.0. The maximum absolute atomic E-state index is 12.0. The molecular formula is C17H26O2. The molecule has 2 nitrogen and oxygen atoms in total. The minimum absolute atomic E-state index is 0.181. The molecule has 0 N–H and O–H groups in total. The first-order valence-electron chi connectivity index (χ1n) is 7.42. The average molecular weight is 262 g/mol. The smallest absolute Gasteiger partial charge is 0.338 e. The van der Waals surface area contributed by atoms with Gasteiger partial charge in [0.2, 0.25) is 0 Å². The number of benzene rings is 1. The van der Waals surface area contributed by atoms with E-state index in [1.165, 1.54) is 19.3 Å². The highest BCUT2D eigenvalue weighted by Crippen LogP contribution is 2.20. The SMILES string of the molecule is CCCCCCCOC(=O)c1ccccc1C(C)C. The van der Waals surface area contributed by atoms with Gasteiger partial charge >= 0.3 is 5.97 Å². The van der Waals surface area contributed by atoms with Crippen molar-refractivity contribution in [3.63, 3.8) is 0 Å². The zero-order valence-electron chi connectivity index (χ0n) is 12.4. The molecule has 0 aliphatic heterocycles. The van der Waals surface area contributed by atoms with Crippen LogP contribution >= 0.6 is 0 Å². The molecule has 0 aromatic heterocycles. The summed E-state index contributed by atoms with van der Waals surface area (Å²) in [5.41, 5.74) is 1.78. The quantitative estimate of drug-likeness (QED) is 0.490. The third-order valence-electron chi connectivity index (χ3n) is 3.28. The van der Waals surface area contributed by atoms with E-state index in [-0.39, 0.29) is 5.97 Å². The zero-order chi connectivity index (χ0) is 14.1. The molecule has 0 aliphatic rings. The standard InChI is InChI=1S/C17H26O2/c1-4-5-6-7-10-13-19-17(18)16-12-9-8-11-15(16)14(2)3/h8-9,11-12,14H,4-7,10,13H2,1-3H3. The van der Waals surface area contributed by atoms with Crippen LogP contribution in [0.15, 0.2) is 24.3 Å². The fourth-order valence-corrected chi connectivity index (χ4v) is 2.13. The van der Waals surface area contributed by atoms with Crippen molar-refractivity contribution in [2.24, 2.45) is 0 Å². The summed E-state index contributed by atoms with van der Waals surface area (Å²) in [6, 6.07) is 7.72. The number of esters is 1. The Morgan fingerprint density at radius 1 is 1.11 bits per heavy atom. The van der Waals surface area contributed by atoms with Gasteiger partial charge in [-0.25, -0.2) is 4.79 Å². The van der Waals surface area contributed by atoms with Crippen LogP contribution in [0.2, 0.25) is 0 Å². The van der Waals surface area contributed by atoms with Crippen molar-refractivity contribution in [2.45, 2.75) is 58.8 Å². The van der Waals surface area contributed by atoms with Gasteiger partial charge in [0.05, 0.1) is 12.2 Å². The van der Waals surface area contributed by atoms with Crippen LogP contribution in [0.5, 0.6) is 0 Å². The summed E-state index contributed by atoms with van der Waals surface area (Å²) in [5, 5.41) is 0. The van der Waals surface area contributed by atoms with Crippen LogP contribution in [-0.2, 0) is 4.74 Å². The summed E-state index contributed by atoms with van der Waals surface area (Å²) < 4.78 is 5.36. The van der Waals surface area contributed by atoms with Crippen molar-refractivity contribution in [3.05, 3.63) is 35.4 Å². The Bertz CT molecular complexity index is 383. The predicted molar refractivity (Wildman–Crippen MR) is 79.6 cm³/mol. The van der Waals surface area contributed by atoms with E-state index >= 15 is 0 Å². The minimum Gasteiger partial charge on any atom is -0.462 e. The van der Waals surface area contributed by atoms with Crippen LogP contribution in [0.3, 0.4) is 0 Å². The molecule has 0 amide bonds. The van der Waals surface area contributed by atoms with E-state index in [0.29, 0.717) is 18.1 Å². The molecule has 2 heteroatoms. The highest BCUT2D eigenvalue weighted by atomic mass is 16.5. The molecule has 0 saturated carbocycles. The third kappa shape index (κ3) is 5.46. The van der Waals surface area contributed by atoms with Gasteiger partial charge in [0.15, 0.2) is 0 Å². The van der Waals surface area contributed by atoms with Gasteiger partial charge in [-0.3, -0.25) is 0 Å². The molecule has 0 radical (unpaired) electrons. The summed E-state index contributed by atoms with van der Waals surface area (Å²) in [4.78, 5) is 12.0. The van der Waals surface area contributed by atoms with Crippen molar-refractivity contribution in [1.29, 1.82) is 0 Å². The van der Waals surface area contributed by atoms with Crippen molar-refractivity contribution in [3.8, 4) is 0 Å². The Kier molecular flexibility index (Phi) is 7.24. The van der Waals surface area contributed by atoms with Gasteiger partial charge in [-0.15, -0.1) is 0 Å². The van der Waals surface area contributed by atoms with Crippen molar-refractivity contribution in [1.82, 2.24) is 0 Å². The third-order valence-corrected chi connectivity index (χ3v) is 3.28. The van der Waals surface area contributed by atoms with Crippen LogP contribution in [0, 0.1) is 0 Å². The van der Waals surface area contributed by atoms with Gasteiger partial charge < -0.3 is 4.74 Å². The Morgan fingerprint density at radius 3 is 2.47 bits per heavy atom. The summed E-state index contributed by atoms with van der Waals surface area (Å²) in [5.74, 6) is 0.160. The van der Waals surface area contributed by atoms with Gasteiger partial charge in [0.25, 0.3) is 0 Å². The van der Waals surface area contributed by atoms with Crippen molar-refractivity contribution in [2.75, 3.05) is 6.61 Å². The first-order chi connectivity index (χ1) is 9.16. The molecule has 0 heterocycles. The lowest BCUT2D eigenvalue weighted by Crippen LogP contribution is -2.10. The number of hydrogen-bond acceptors (Lipinski definition) is 2. The van der Waals surface area contributed by atoms with Gasteiger partial charge in [0, 0.05) is 0 Å². The molecule has 1 rings (SSSR count). The highest BCUT2D eigenvalue weighted by Gasteiger charge is 2.13. The summed E-state index contributed by atoms with van der Waals surface area (Å²) in [6.07, 6.45) is 5.85. The minimum atomic E-state index is -0.181. The molecule has 0 unspecified atom stereocenters. The first-order valence-corrected chi connectivity index (χ1v) is 7.42. The van der Waals surface area contributed by atoms with E-state index in [0.717, 1.165) is 18.4 Å². The second-order valence-electron chi connectivity index (χ2n) is 5.29. The summed E-state index contributed by atoms with van der Waals surface area (Å²) >= 11 is 0. The van der Waals surface area contributed by atoms with E-state index in [9.17, 15) is 4.79 Å². The van der Waals surface area contributed by atoms with E-state index in [2.05, 4.69) is 20.8 Å². The Labute approximate surface area is 117 Å². The normalized spacial score (nSPS) is 10.7. The molecule has 0 spiro atoms. The molecule has 0 atom stereocenters. The molecule has 1 aromatic rings. The molecule has 0 saturated heterocycles. The van der Waals surface area contributed by atoms with E-state index in [4.69, 9.17) is 4.74 Å². The number of ether oxygens (including phenoxy) is 1. The van der Waals surface area contributed by atoms with Crippen LogP contribution < -0.4 is 0 Å². The molecule has 1 aromatic carbocycles. The monoisotopic (exact) mass is 262 g/mol. The molecule has 0 fully saturated rings. The fourth-order valence-electron chi connectivity index (χ4n) is 2.13. The molecule has 0 aliphatic carbocycles. The van der Waals surface area contributed by atoms with E-state index in [1.807, 2.05) is 24.3 Å². The lowest BCUT2D eigenvalue weighted by Gasteiger charge is -2.12. The maximum Gasteiger partial charge on any atom is 0.338 e. The van der Waals surface area contributed by atoms with E-state index < -0.39 is 0 Å². The second kappa shape index (κ2) is 8.73. The Balaban J connectivity index is 2.41. The average Bonchev–Trinajstić information content (AvgIpc) is 2.42. The predicted octanol–water partition coefficient (Wildman–Crippen LogP) is 4.94. The van der Waals surface area contributed by atoms with E-state index in [1.54, 1.807) is 0 Å². The molecular weight excluding hydrogens is 236 g/mol. The topological polar surface area (TPSA) is 26.3 Å². The number of unbranched alkanes of at least 4 members (excludes halogenated alkanes) is 4. The van der Waals surface area contributed by atoms with Crippen LogP contribution in [0.4, 0.5) is 0 Å². The summed E-state index contributed by atoms with van der Waals surface area (Å²) in [6.45, 7) is 6.92. The molecule has 19 heavy (non-hydrogen) atoms. The lowest BCUT2D eigenvalue weighted by atomic mass is 9.97. The Morgan fingerprint density at radius 2 is 1.79 bits per heavy atom. The zero-order valence-corrected chi connectivity index (χ0v) is 12.4. The van der Waals surface area contributed by atoms with Crippen LogP contribution in [0.1, 0.15) is 74.7 Å². The lowest BCUT2D eigenvalue weighted by molar-refractivity contribution is 0.0496. The number of hydrogen-bond donors (Lipinski definition) is 0. The second-order valence-corrected chi connectivity index (χ2v) is 5.29. The first kappa shape index (κ1) is 15.7. The van der Waals surface area contributed by atoms with Crippen molar-refractivity contribution >= 4 is 5.97 Å². The van der Waals surface area contributed by atoms with Crippen LogP contribution in [-0.4, -0.2) is 12.6 Å². The van der Waals surface area contributed by atoms with Gasteiger partial charge in [-0.2, -0.15) is 0 Å². The van der Waals surface area contributed by atoms with Gasteiger partial charge in [-0.1, -0.05) is 64.7 Å². The number of carbonyl (C=O) groups excluding carboxylic acids is 1. The Hall–Kier alpha value is -1.31. The number of rotatable bonds is 8. The van der Waals surface area contributed by atoms with Gasteiger partial charge in [-0.05, 0) is 24.0 Å².